The van der Waals surface area contributed by atoms with Crippen LogP contribution in [-0.4, -0.2) is 29.2 Å². The van der Waals surface area contributed by atoms with E-state index in [2.05, 4.69) is 22.9 Å². The molecule has 0 unspecified atom stereocenters. The van der Waals surface area contributed by atoms with Crippen molar-refractivity contribution >= 4 is 21.8 Å². The lowest BCUT2D eigenvalue weighted by Gasteiger charge is -2.18. The van der Waals surface area contributed by atoms with Crippen LogP contribution in [-0.2, 0) is 4.79 Å². The van der Waals surface area contributed by atoms with Crippen LogP contribution in [0.4, 0.5) is 0 Å². The highest BCUT2D eigenvalue weighted by atomic mass is 79.9. The Balaban J connectivity index is 3.65. The molecule has 0 spiro atoms. The van der Waals surface area contributed by atoms with Gasteiger partial charge in [-0.2, -0.15) is 0 Å². The van der Waals surface area contributed by atoms with Gasteiger partial charge in [0, 0.05) is 13.1 Å². The molecule has 0 aromatic carbocycles. The summed E-state index contributed by atoms with van der Waals surface area (Å²) in [6.45, 7) is 5.87. The fraction of sp³-hybridized carbons (Fsp3) is 0.875. The normalized spacial score (nSPS) is 9.73. The van der Waals surface area contributed by atoms with Gasteiger partial charge in [0.1, 0.15) is 0 Å². The van der Waals surface area contributed by atoms with Crippen molar-refractivity contribution in [1.29, 1.82) is 0 Å². The zero-order valence-corrected chi connectivity index (χ0v) is 8.85. The number of unbranched alkanes of at least 4 members (excludes halogenated alkanes) is 1. The molecule has 0 saturated heterocycles. The molecule has 0 aromatic rings. The van der Waals surface area contributed by atoms with Crippen molar-refractivity contribution in [1.82, 2.24) is 4.90 Å². The number of carbonyl (C=O) groups is 1. The van der Waals surface area contributed by atoms with Gasteiger partial charge in [0.25, 0.3) is 0 Å². The molecule has 0 aromatic heterocycles. The zero-order valence-electron chi connectivity index (χ0n) is 7.27. The maximum Gasteiger partial charge on any atom is 0.233 e. The van der Waals surface area contributed by atoms with Crippen LogP contribution in [0, 0.1) is 0 Å². The summed E-state index contributed by atoms with van der Waals surface area (Å²) < 4.78 is 0. The minimum Gasteiger partial charge on any atom is -0.342 e. The minimum atomic E-state index is 0.195. The van der Waals surface area contributed by atoms with E-state index >= 15 is 0 Å². The molecule has 0 N–H and O–H groups in total. The van der Waals surface area contributed by atoms with Crippen LogP contribution >= 0.6 is 15.9 Å². The van der Waals surface area contributed by atoms with Gasteiger partial charge in [-0.1, -0.05) is 29.3 Å². The van der Waals surface area contributed by atoms with Crippen LogP contribution in [0.3, 0.4) is 0 Å². The molecule has 0 heterocycles. The third kappa shape index (κ3) is 4.40. The molecular formula is C8H16BrNO. The minimum absolute atomic E-state index is 0.195. The Bertz CT molecular complexity index is 117. The van der Waals surface area contributed by atoms with Gasteiger partial charge in [-0.05, 0) is 13.3 Å². The van der Waals surface area contributed by atoms with Gasteiger partial charge in [-0.3, -0.25) is 4.79 Å². The van der Waals surface area contributed by atoms with E-state index < -0.39 is 0 Å². The average molecular weight is 222 g/mol. The first-order valence-corrected chi connectivity index (χ1v) is 5.22. The third-order valence-electron chi connectivity index (χ3n) is 1.63. The Labute approximate surface area is 77.1 Å². The highest BCUT2D eigenvalue weighted by Crippen LogP contribution is 1.97. The van der Waals surface area contributed by atoms with E-state index in [0.29, 0.717) is 5.33 Å². The first-order chi connectivity index (χ1) is 5.26. The van der Waals surface area contributed by atoms with E-state index in [-0.39, 0.29) is 5.91 Å². The van der Waals surface area contributed by atoms with E-state index in [1.165, 1.54) is 0 Å². The molecule has 66 valence electrons. The van der Waals surface area contributed by atoms with Crippen LogP contribution in [0.2, 0.25) is 0 Å². The SMILES string of the molecule is CCCCN(CC)C(=O)CBr. The number of amides is 1. The molecule has 0 radical (unpaired) electrons. The molecule has 2 nitrogen and oxygen atoms in total. The summed E-state index contributed by atoms with van der Waals surface area (Å²) in [6.07, 6.45) is 2.25. The number of alkyl halides is 1. The van der Waals surface area contributed by atoms with Gasteiger partial charge in [-0.25, -0.2) is 0 Å². The highest BCUT2D eigenvalue weighted by molar-refractivity contribution is 9.09. The van der Waals surface area contributed by atoms with Crippen molar-refractivity contribution in [2.24, 2.45) is 0 Å². The predicted octanol–water partition coefficient (Wildman–Crippen LogP) is 2.03. The largest absolute Gasteiger partial charge is 0.342 e. The zero-order chi connectivity index (χ0) is 8.69. The first-order valence-electron chi connectivity index (χ1n) is 4.10. The van der Waals surface area contributed by atoms with Gasteiger partial charge in [0.05, 0.1) is 5.33 Å². The van der Waals surface area contributed by atoms with Crippen LogP contribution in [0.15, 0.2) is 0 Å². The van der Waals surface area contributed by atoms with Crippen LogP contribution in [0.5, 0.6) is 0 Å². The molecule has 1 amide bonds. The van der Waals surface area contributed by atoms with Gasteiger partial charge in [0.2, 0.25) is 5.91 Å². The quantitative estimate of drug-likeness (QED) is 0.652. The van der Waals surface area contributed by atoms with Crippen LogP contribution < -0.4 is 0 Å². The first kappa shape index (κ1) is 11.0. The third-order valence-corrected chi connectivity index (χ3v) is 2.11. The highest BCUT2D eigenvalue weighted by Gasteiger charge is 2.07. The monoisotopic (exact) mass is 221 g/mol. The summed E-state index contributed by atoms with van der Waals surface area (Å²) in [5.74, 6) is 0.195. The summed E-state index contributed by atoms with van der Waals surface area (Å²) in [5.41, 5.74) is 0. The second-order valence-corrected chi connectivity index (χ2v) is 3.02. The van der Waals surface area contributed by atoms with E-state index in [1.807, 2.05) is 11.8 Å². The fourth-order valence-electron chi connectivity index (χ4n) is 0.893. The van der Waals surface area contributed by atoms with Gasteiger partial charge < -0.3 is 4.90 Å². The average Bonchev–Trinajstić information content (AvgIpc) is 2.05. The number of carbonyl (C=O) groups excluding carboxylic acids is 1. The lowest BCUT2D eigenvalue weighted by atomic mass is 10.3. The van der Waals surface area contributed by atoms with Crippen molar-refractivity contribution in [2.75, 3.05) is 18.4 Å². The molecular weight excluding hydrogens is 206 g/mol. The molecule has 0 bridgehead atoms. The van der Waals surface area contributed by atoms with Crippen molar-refractivity contribution in [3.8, 4) is 0 Å². The number of halogens is 1. The Morgan fingerprint density at radius 2 is 2.09 bits per heavy atom. The maximum absolute atomic E-state index is 11.1. The Kier molecular flexibility index (Phi) is 6.62. The summed E-state index contributed by atoms with van der Waals surface area (Å²) >= 11 is 3.16. The van der Waals surface area contributed by atoms with Gasteiger partial charge in [0.15, 0.2) is 0 Å². The molecule has 11 heavy (non-hydrogen) atoms. The fourth-order valence-corrected chi connectivity index (χ4v) is 1.25. The molecule has 0 saturated carbocycles. The summed E-state index contributed by atoms with van der Waals surface area (Å²) in [4.78, 5) is 13.0. The Morgan fingerprint density at radius 3 is 2.45 bits per heavy atom. The van der Waals surface area contributed by atoms with Crippen molar-refractivity contribution in [2.45, 2.75) is 26.7 Å². The topological polar surface area (TPSA) is 20.3 Å². The molecule has 0 atom stereocenters. The number of hydrogen-bond acceptors (Lipinski definition) is 1. The number of nitrogens with zero attached hydrogens (tertiary/aromatic N) is 1. The van der Waals surface area contributed by atoms with Crippen LogP contribution in [0.1, 0.15) is 26.7 Å². The number of rotatable bonds is 5. The number of hydrogen-bond donors (Lipinski definition) is 0. The molecule has 3 heteroatoms. The summed E-state index contributed by atoms with van der Waals surface area (Å²) in [6, 6.07) is 0. The predicted molar refractivity (Wildman–Crippen MR) is 51.0 cm³/mol. The molecule has 0 rings (SSSR count). The van der Waals surface area contributed by atoms with E-state index in [0.717, 1.165) is 25.9 Å². The lowest BCUT2D eigenvalue weighted by molar-refractivity contribution is -0.128. The van der Waals surface area contributed by atoms with Crippen molar-refractivity contribution in [3.63, 3.8) is 0 Å². The second-order valence-electron chi connectivity index (χ2n) is 2.46. The van der Waals surface area contributed by atoms with Crippen LogP contribution in [0.25, 0.3) is 0 Å². The molecule has 0 aliphatic carbocycles. The molecule has 0 aliphatic heterocycles. The molecule has 0 aliphatic rings. The van der Waals surface area contributed by atoms with E-state index in [9.17, 15) is 4.79 Å². The van der Waals surface area contributed by atoms with E-state index in [4.69, 9.17) is 0 Å². The van der Waals surface area contributed by atoms with Crippen molar-refractivity contribution < 1.29 is 4.79 Å². The summed E-state index contributed by atoms with van der Waals surface area (Å²) in [7, 11) is 0. The molecule has 0 fully saturated rings. The second kappa shape index (κ2) is 6.65. The summed E-state index contributed by atoms with van der Waals surface area (Å²) in [5, 5.41) is 0.449. The standard InChI is InChI=1S/C8H16BrNO/c1-3-5-6-10(4-2)8(11)7-9/h3-7H2,1-2H3. The van der Waals surface area contributed by atoms with E-state index in [1.54, 1.807) is 0 Å². The lowest BCUT2D eigenvalue weighted by Crippen LogP contribution is -2.32. The van der Waals surface area contributed by atoms with Gasteiger partial charge in [-0.15, -0.1) is 0 Å². The Hall–Kier alpha value is -0.0500. The Morgan fingerprint density at radius 1 is 1.45 bits per heavy atom. The van der Waals surface area contributed by atoms with Gasteiger partial charge >= 0.3 is 0 Å². The smallest absolute Gasteiger partial charge is 0.233 e. The van der Waals surface area contributed by atoms with Crippen molar-refractivity contribution in [3.05, 3.63) is 0 Å². The maximum atomic E-state index is 11.1.